The van der Waals surface area contributed by atoms with E-state index >= 15 is 0 Å². The first-order chi connectivity index (χ1) is 15.1. The zero-order chi connectivity index (χ0) is 22.6. The van der Waals surface area contributed by atoms with Crippen LogP contribution in [0.1, 0.15) is 68.6 Å². The van der Waals surface area contributed by atoms with Gasteiger partial charge in [-0.25, -0.2) is 4.79 Å². The van der Waals surface area contributed by atoms with Crippen LogP contribution >= 0.6 is 0 Å². The predicted octanol–water partition coefficient (Wildman–Crippen LogP) is 7.21. The van der Waals surface area contributed by atoms with E-state index in [0.29, 0.717) is 6.42 Å². The summed E-state index contributed by atoms with van der Waals surface area (Å²) in [4.78, 5) is 23.0. The number of carboxylic acid groups (broad SMARTS) is 1. The number of esters is 1. The largest absolute Gasteiger partial charge is 0.478 e. The minimum Gasteiger partial charge on any atom is -0.478 e. The third-order valence-electron chi connectivity index (χ3n) is 4.25. The van der Waals surface area contributed by atoms with E-state index in [9.17, 15) is 9.59 Å². The van der Waals surface area contributed by atoms with Crippen LogP contribution in [-0.4, -0.2) is 17.0 Å². The van der Waals surface area contributed by atoms with E-state index in [1.165, 1.54) is 12.1 Å². The number of hydrogen-bond acceptors (Lipinski definition) is 3. The molecule has 0 fully saturated rings. The summed E-state index contributed by atoms with van der Waals surface area (Å²) >= 11 is 0. The molecule has 0 saturated heterocycles. The Kier molecular flexibility index (Phi) is 14.8. The van der Waals surface area contributed by atoms with Crippen molar-refractivity contribution in [3.8, 4) is 5.75 Å². The lowest BCUT2D eigenvalue weighted by Crippen LogP contribution is -2.10. The van der Waals surface area contributed by atoms with Crippen molar-refractivity contribution in [3.05, 3.63) is 90.6 Å². The summed E-state index contributed by atoms with van der Waals surface area (Å²) < 4.78 is 5.17. The van der Waals surface area contributed by atoms with Crippen LogP contribution in [0.2, 0.25) is 0 Å². The van der Waals surface area contributed by atoms with Crippen molar-refractivity contribution in [2.24, 2.45) is 0 Å². The maximum Gasteiger partial charge on any atom is 0.339 e. The molecule has 0 unspecified atom stereocenters. The van der Waals surface area contributed by atoms with Crippen molar-refractivity contribution >= 4 is 11.9 Å². The molecule has 0 aliphatic rings. The van der Waals surface area contributed by atoms with Gasteiger partial charge in [-0.2, -0.15) is 0 Å². The van der Waals surface area contributed by atoms with Gasteiger partial charge >= 0.3 is 11.9 Å². The summed E-state index contributed by atoms with van der Waals surface area (Å²) in [6.07, 6.45) is 28.1. The molecule has 1 aromatic rings. The molecule has 0 spiro atoms. The highest BCUT2D eigenvalue weighted by molar-refractivity contribution is 5.91. The van der Waals surface area contributed by atoms with Gasteiger partial charge in [0.15, 0.2) is 0 Å². The number of aromatic carboxylic acids is 1. The quantitative estimate of drug-likeness (QED) is 0.140. The first-order valence-electron chi connectivity index (χ1n) is 10.9. The maximum absolute atomic E-state index is 11.9. The van der Waals surface area contributed by atoms with Crippen molar-refractivity contribution in [2.75, 3.05) is 0 Å². The van der Waals surface area contributed by atoms with Crippen molar-refractivity contribution in [1.29, 1.82) is 0 Å². The van der Waals surface area contributed by atoms with Crippen molar-refractivity contribution in [2.45, 2.75) is 58.3 Å². The Hall–Kier alpha value is -3.14. The van der Waals surface area contributed by atoms with Crippen LogP contribution in [0.5, 0.6) is 5.75 Å². The summed E-state index contributed by atoms with van der Waals surface area (Å²) in [5, 5.41) is 9.10. The van der Waals surface area contributed by atoms with Crippen LogP contribution in [-0.2, 0) is 4.79 Å². The van der Waals surface area contributed by atoms with Crippen LogP contribution in [0, 0.1) is 0 Å². The maximum atomic E-state index is 11.9. The lowest BCUT2D eigenvalue weighted by atomic mass is 10.2. The fraction of sp³-hybridized carbons (Fsp3) is 0.333. The molecule has 1 aromatic carbocycles. The van der Waals surface area contributed by atoms with E-state index in [-0.39, 0.29) is 17.7 Å². The number of rotatable bonds is 15. The van der Waals surface area contributed by atoms with Crippen LogP contribution < -0.4 is 4.74 Å². The molecular formula is C27H34O4. The summed E-state index contributed by atoms with van der Waals surface area (Å²) in [5.41, 5.74) is -0.00585. The van der Waals surface area contributed by atoms with Crippen molar-refractivity contribution < 1.29 is 19.4 Å². The Morgan fingerprint density at radius 1 is 0.806 bits per heavy atom. The van der Waals surface area contributed by atoms with Crippen molar-refractivity contribution in [1.82, 2.24) is 0 Å². The normalized spacial score (nSPS) is 12.2. The Labute approximate surface area is 186 Å². The molecular weight excluding hydrogens is 388 g/mol. The molecule has 0 saturated carbocycles. The fourth-order valence-electron chi connectivity index (χ4n) is 2.64. The van der Waals surface area contributed by atoms with Gasteiger partial charge in [0.25, 0.3) is 0 Å². The Morgan fingerprint density at radius 2 is 1.32 bits per heavy atom. The molecule has 0 amide bonds. The van der Waals surface area contributed by atoms with E-state index in [4.69, 9.17) is 9.84 Å². The summed E-state index contributed by atoms with van der Waals surface area (Å²) in [5.74, 6) is -1.43. The first kappa shape index (κ1) is 25.9. The van der Waals surface area contributed by atoms with Gasteiger partial charge in [0, 0.05) is 6.42 Å². The van der Waals surface area contributed by atoms with Crippen molar-refractivity contribution in [3.63, 3.8) is 0 Å². The topological polar surface area (TPSA) is 63.6 Å². The first-order valence-corrected chi connectivity index (χ1v) is 10.9. The predicted molar refractivity (Wildman–Crippen MR) is 127 cm³/mol. The number of carboxylic acids is 1. The highest BCUT2D eigenvalue weighted by Gasteiger charge is 2.13. The number of para-hydroxylation sites is 1. The van der Waals surface area contributed by atoms with Crippen LogP contribution in [0.15, 0.2) is 85.0 Å². The van der Waals surface area contributed by atoms with E-state index < -0.39 is 11.9 Å². The van der Waals surface area contributed by atoms with Gasteiger partial charge in [-0.3, -0.25) is 4.79 Å². The molecule has 0 aromatic heterocycles. The standard InChI is InChI=1S/C27H34O4/c1-2-3-4-5-6-7-8-9-10-11-12-13-14-15-16-17-18-23-26(28)31-25-22-20-19-21-24(25)27(29)30/h3-4,6-7,9-10,12-13,15-16,19-22H,2,5,8,11,14,17-18,23H2,1H3,(H,29,30)/b4-3-,7-6-,10-9-,13-12-,16-15-. The second-order valence-electron chi connectivity index (χ2n) is 6.88. The molecule has 4 heteroatoms. The van der Waals surface area contributed by atoms with Crippen LogP contribution in [0.3, 0.4) is 0 Å². The molecule has 0 bridgehead atoms. The summed E-state index contributed by atoms with van der Waals surface area (Å²) in [7, 11) is 0. The van der Waals surface area contributed by atoms with Crippen LogP contribution in [0.25, 0.3) is 0 Å². The Balaban J connectivity index is 2.10. The second kappa shape index (κ2) is 17.7. The molecule has 31 heavy (non-hydrogen) atoms. The van der Waals surface area contributed by atoms with Gasteiger partial charge in [-0.05, 0) is 57.1 Å². The van der Waals surface area contributed by atoms with Gasteiger partial charge in [-0.1, -0.05) is 79.8 Å². The molecule has 0 radical (unpaired) electrons. The average molecular weight is 423 g/mol. The van der Waals surface area contributed by atoms with E-state index in [1.807, 2.05) is 0 Å². The molecule has 1 rings (SSSR count). The molecule has 0 heterocycles. The number of allylic oxidation sites excluding steroid dienone is 10. The second-order valence-corrected chi connectivity index (χ2v) is 6.88. The lowest BCUT2D eigenvalue weighted by Gasteiger charge is -2.06. The number of hydrogen-bond donors (Lipinski definition) is 1. The van der Waals surface area contributed by atoms with Gasteiger partial charge in [0.2, 0.25) is 0 Å². The van der Waals surface area contributed by atoms with Gasteiger partial charge < -0.3 is 9.84 Å². The monoisotopic (exact) mass is 422 g/mol. The Bertz CT molecular complexity index is 797. The average Bonchev–Trinajstić information content (AvgIpc) is 2.76. The van der Waals surface area contributed by atoms with E-state index in [1.54, 1.807) is 12.1 Å². The molecule has 0 aliphatic heterocycles. The number of carbonyl (C=O) groups is 2. The number of unbranched alkanes of at least 4 members (excludes halogenated alkanes) is 1. The molecule has 0 aliphatic carbocycles. The zero-order valence-electron chi connectivity index (χ0n) is 18.4. The molecule has 166 valence electrons. The molecule has 4 nitrogen and oxygen atoms in total. The SMILES string of the molecule is CC/C=C\C/C=C\C/C=C\C/C=C\C/C=C\CCCC(=O)Oc1ccccc1C(=O)O. The fourth-order valence-corrected chi connectivity index (χ4v) is 2.64. The highest BCUT2D eigenvalue weighted by atomic mass is 16.5. The number of ether oxygens (including phenoxy) is 1. The van der Waals surface area contributed by atoms with Gasteiger partial charge in [0.1, 0.15) is 11.3 Å². The third-order valence-corrected chi connectivity index (χ3v) is 4.25. The third kappa shape index (κ3) is 13.7. The zero-order valence-corrected chi connectivity index (χ0v) is 18.4. The molecule has 1 N–H and O–H groups in total. The number of carbonyl (C=O) groups excluding carboxylic acids is 1. The number of benzene rings is 1. The minimum absolute atomic E-state index is 0.00585. The molecule has 0 atom stereocenters. The summed E-state index contributed by atoms with van der Waals surface area (Å²) in [6, 6.07) is 6.15. The lowest BCUT2D eigenvalue weighted by molar-refractivity contribution is -0.134. The van der Waals surface area contributed by atoms with Crippen LogP contribution in [0.4, 0.5) is 0 Å². The Morgan fingerprint density at radius 3 is 1.87 bits per heavy atom. The van der Waals surface area contributed by atoms with E-state index in [0.717, 1.165) is 38.5 Å². The van der Waals surface area contributed by atoms with Gasteiger partial charge in [0.05, 0.1) is 0 Å². The highest BCUT2D eigenvalue weighted by Crippen LogP contribution is 2.18. The van der Waals surface area contributed by atoms with E-state index in [2.05, 4.69) is 67.7 Å². The van der Waals surface area contributed by atoms with Gasteiger partial charge in [-0.15, -0.1) is 0 Å². The minimum atomic E-state index is -1.11. The summed E-state index contributed by atoms with van der Waals surface area (Å²) in [6.45, 7) is 2.14. The smallest absolute Gasteiger partial charge is 0.339 e.